The topological polar surface area (TPSA) is 46.3 Å². The molecule has 0 radical (unpaired) electrons. The van der Waals surface area contributed by atoms with Crippen molar-refractivity contribution in [1.29, 1.82) is 0 Å². The van der Waals surface area contributed by atoms with Crippen LogP contribution in [0.15, 0.2) is 0 Å². The highest BCUT2D eigenvalue weighted by Gasteiger charge is 2.39. The molecular weight excluding hydrogens is 140 g/mol. The third-order valence-electron chi connectivity index (χ3n) is 2.62. The molecule has 1 saturated heterocycles. The van der Waals surface area contributed by atoms with Crippen LogP contribution >= 0.6 is 0 Å². The minimum Gasteiger partial charge on any atom is -0.339 e. The van der Waals surface area contributed by atoms with E-state index in [0.29, 0.717) is 18.5 Å². The summed E-state index contributed by atoms with van der Waals surface area (Å²) in [6.45, 7) is 1.48. The van der Waals surface area contributed by atoms with Crippen molar-refractivity contribution in [3.05, 3.63) is 0 Å². The van der Waals surface area contributed by atoms with Crippen LogP contribution in [0.1, 0.15) is 19.3 Å². The van der Waals surface area contributed by atoms with Crippen molar-refractivity contribution >= 4 is 5.91 Å². The summed E-state index contributed by atoms with van der Waals surface area (Å²) in [4.78, 5) is 13.5. The van der Waals surface area contributed by atoms with Crippen molar-refractivity contribution in [2.75, 3.05) is 13.1 Å². The van der Waals surface area contributed by atoms with E-state index in [4.69, 9.17) is 5.73 Å². The van der Waals surface area contributed by atoms with Gasteiger partial charge in [-0.2, -0.15) is 0 Å². The van der Waals surface area contributed by atoms with Crippen molar-refractivity contribution in [3.8, 4) is 0 Å². The number of hydrogen-bond acceptors (Lipinski definition) is 2. The largest absolute Gasteiger partial charge is 0.339 e. The Balaban J connectivity index is 1.99. The molecule has 3 nitrogen and oxygen atoms in total. The Morgan fingerprint density at radius 3 is 2.64 bits per heavy atom. The van der Waals surface area contributed by atoms with E-state index in [1.54, 1.807) is 0 Å². The second-order valence-corrected chi connectivity index (χ2v) is 3.48. The SMILES string of the molecule is NCC1CCN(C2CC2)C1=O. The quantitative estimate of drug-likeness (QED) is 0.606. The van der Waals surface area contributed by atoms with Crippen LogP contribution in [0.4, 0.5) is 0 Å². The van der Waals surface area contributed by atoms with Crippen molar-refractivity contribution in [3.63, 3.8) is 0 Å². The summed E-state index contributed by atoms with van der Waals surface area (Å²) in [6.07, 6.45) is 3.40. The zero-order valence-electron chi connectivity index (χ0n) is 6.62. The minimum atomic E-state index is 0.135. The van der Waals surface area contributed by atoms with Crippen LogP contribution in [0.25, 0.3) is 0 Å². The molecule has 1 atom stereocenters. The van der Waals surface area contributed by atoms with Gasteiger partial charge in [0.25, 0.3) is 0 Å². The highest BCUT2D eigenvalue weighted by molar-refractivity contribution is 5.81. The Morgan fingerprint density at radius 2 is 2.18 bits per heavy atom. The van der Waals surface area contributed by atoms with Crippen molar-refractivity contribution in [2.45, 2.75) is 25.3 Å². The maximum atomic E-state index is 11.5. The van der Waals surface area contributed by atoms with Gasteiger partial charge in [0.15, 0.2) is 0 Å². The fraction of sp³-hybridized carbons (Fsp3) is 0.875. The van der Waals surface area contributed by atoms with Gasteiger partial charge in [0, 0.05) is 19.1 Å². The van der Waals surface area contributed by atoms with Crippen LogP contribution in [-0.2, 0) is 4.79 Å². The predicted molar refractivity (Wildman–Crippen MR) is 41.9 cm³/mol. The number of amides is 1. The van der Waals surface area contributed by atoms with Crippen LogP contribution in [0.3, 0.4) is 0 Å². The summed E-state index contributed by atoms with van der Waals surface area (Å²) in [5.41, 5.74) is 5.46. The Labute approximate surface area is 66.5 Å². The molecule has 3 heteroatoms. The van der Waals surface area contributed by atoms with Gasteiger partial charge in [-0.15, -0.1) is 0 Å². The first-order valence-corrected chi connectivity index (χ1v) is 4.33. The lowest BCUT2D eigenvalue weighted by atomic mass is 10.1. The monoisotopic (exact) mass is 154 g/mol. The molecule has 62 valence electrons. The van der Waals surface area contributed by atoms with Gasteiger partial charge in [-0.3, -0.25) is 4.79 Å². The van der Waals surface area contributed by atoms with Crippen molar-refractivity contribution < 1.29 is 4.79 Å². The average molecular weight is 154 g/mol. The summed E-state index contributed by atoms with van der Waals surface area (Å²) in [5, 5.41) is 0. The van der Waals surface area contributed by atoms with Crippen LogP contribution in [0.5, 0.6) is 0 Å². The van der Waals surface area contributed by atoms with Crippen molar-refractivity contribution in [2.24, 2.45) is 11.7 Å². The van der Waals surface area contributed by atoms with Gasteiger partial charge in [0.05, 0.1) is 5.92 Å². The zero-order valence-corrected chi connectivity index (χ0v) is 6.62. The molecule has 0 spiro atoms. The fourth-order valence-electron chi connectivity index (χ4n) is 1.73. The second kappa shape index (κ2) is 2.48. The lowest BCUT2D eigenvalue weighted by molar-refractivity contribution is -0.131. The summed E-state index contributed by atoms with van der Waals surface area (Å²) in [5.74, 6) is 0.436. The molecule has 1 saturated carbocycles. The third kappa shape index (κ3) is 1.13. The first-order chi connectivity index (χ1) is 5.33. The van der Waals surface area contributed by atoms with E-state index in [0.717, 1.165) is 13.0 Å². The number of hydrogen-bond donors (Lipinski definition) is 1. The number of carbonyl (C=O) groups excluding carboxylic acids is 1. The van der Waals surface area contributed by atoms with E-state index in [9.17, 15) is 4.79 Å². The molecule has 1 unspecified atom stereocenters. The van der Waals surface area contributed by atoms with Crippen LogP contribution < -0.4 is 5.73 Å². The van der Waals surface area contributed by atoms with Gasteiger partial charge in [-0.1, -0.05) is 0 Å². The standard InChI is InChI=1S/C8H14N2O/c9-5-6-3-4-10(8(6)11)7-1-2-7/h6-7H,1-5,9H2. The maximum Gasteiger partial charge on any atom is 0.227 e. The minimum absolute atomic E-state index is 0.135. The molecule has 0 aromatic heterocycles. The molecule has 0 bridgehead atoms. The molecule has 1 aliphatic carbocycles. The van der Waals surface area contributed by atoms with Crippen LogP contribution in [-0.4, -0.2) is 29.9 Å². The molecule has 2 rings (SSSR count). The number of nitrogens with zero attached hydrogens (tertiary/aromatic N) is 1. The summed E-state index contributed by atoms with van der Waals surface area (Å²) in [7, 11) is 0. The Kier molecular flexibility index (Phi) is 1.60. The molecule has 1 aliphatic heterocycles. The van der Waals surface area contributed by atoms with E-state index in [1.807, 2.05) is 4.90 Å². The predicted octanol–water partition coefficient (Wildman–Crippen LogP) is -0.0440. The van der Waals surface area contributed by atoms with Gasteiger partial charge in [0.2, 0.25) is 5.91 Å². The van der Waals surface area contributed by atoms with Crippen LogP contribution in [0.2, 0.25) is 0 Å². The van der Waals surface area contributed by atoms with E-state index in [-0.39, 0.29) is 5.92 Å². The normalized spacial score (nSPS) is 31.5. The molecule has 0 aromatic carbocycles. The Hall–Kier alpha value is -0.570. The van der Waals surface area contributed by atoms with Gasteiger partial charge in [-0.25, -0.2) is 0 Å². The first-order valence-electron chi connectivity index (χ1n) is 4.33. The molecule has 0 aromatic rings. The lowest BCUT2D eigenvalue weighted by Crippen LogP contribution is -2.31. The molecule has 2 N–H and O–H groups in total. The highest BCUT2D eigenvalue weighted by atomic mass is 16.2. The molecule has 2 fully saturated rings. The van der Waals surface area contributed by atoms with E-state index < -0.39 is 0 Å². The first kappa shape index (κ1) is 7.10. The summed E-state index contributed by atoms with van der Waals surface area (Å²) >= 11 is 0. The summed E-state index contributed by atoms with van der Waals surface area (Å²) in [6, 6.07) is 0.582. The molecule has 1 amide bonds. The number of likely N-dealkylation sites (tertiary alicyclic amines) is 1. The highest BCUT2D eigenvalue weighted by Crippen LogP contribution is 2.32. The molecule has 2 aliphatic rings. The van der Waals surface area contributed by atoms with Gasteiger partial charge >= 0.3 is 0 Å². The summed E-state index contributed by atoms with van der Waals surface area (Å²) < 4.78 is 0. The lowest BCUT2D eigenvalue weighted by Gasteiger charge is -2.14. The van der Waals surface area contributed by atoms with E-state index in [2.05, 4.69) is 0 Å². The van der Waals surface area contributed by atoms with Crippen LogP contribution in [0, 0.1) is 5.92 Å². The third-order valence-corrected chi connectivity index (χ3v) is 2.62. The van der Waals surface area contributed by atoms with Gasteiger partial charge in [-0.05, 0) is 19.3 Å². The van der Waals surface area contributed by atoms with Crippen molar-refractivity contribution in [1.82, 2.24) is 4.90 Å². The fourth-order valence-corrected chi connectivity index (χ4v) is 1.73. The van der Waals surface area contributed by atoms with Gasteiger partial charge < -0.3 is 10.6 Å². The number of rotatable bonds is 2. The molecular formula is C8H14N2O. The molecule has 11 heavy (non-hydrogen) atoms. The van der Waals surface area contributed by atoms with E-state index in [1.165, 1.54) is 12.8 Å². The number of carbonyl (C=O) groups is 1. The smallest absolute Gasteiger partial charge is 0.227 e. The Bertz CT molecular complexity index is 177. The number of nitrogens with two attached hydrogens (primary N) is 1. The average Bonchev–Trinajstić information content (AvgIpc) is 2.77. The Morgan fingerprint density at radius 1 is 1.45 bits per heavy atom. The van der Waals surface area contributed by atoms with E-state index >= 15 is 0 Å². The zero-order chi connectivity index (χ0) is 7.84. The second-order valence-electron chi connectivity index (χ2n) is 3.48. The maximum absolute atomic E-state index is 11.5. The van der Waals surface area contributed by atoms with Gasteiger partial charge in [0.1, 0.15) is 0 Å². The molecule has 1 heterocycles.